The van der Waals surface area contributed by atoms with Crippen LogP contribution in [0.25, 0.3) is 0 Å². The van der Waals surface area contributed by atoms with Crippen LogP contribution in [0.5, 0.6) is 0 Å². The normalized spacial score (nSPS) is 11.9. The molecular weight excluding hydrogens is 268 g/mol. The van der Waals surface area contributed by atoms with E-state index in [1.165, 1.54) is 19.3 Å². The minimum absolute atomic E-state index is 0.604. The zero-order valence-corrected chi connectivity index (χ0v) is 13.4. The fraction of sp³-hybridized carbons (Fsp3) is 0.333. The Labute approximate surface area is 134 Å². The first kappa shape index (κ1) is 16.5. The molecular formula is C21H26O. The van der Waals surface area contributed by atoms with Crippen LogP contribution in [0.4, 0.5) is 0 Å². The third-order valence-corrected chi connectivity index (χ3v) is 4.06. The first-order chi connectivity index (χ1) is 10.8. The van der Waals surface area contributed by atoms with Gasteiger partial charge in [0.05, 0.1) is 0 Å². The van der Waals surface area contributed by atoms with Crippen LogP contribution in [0.3, 0.4) is 0 Å². The number of hydrogen-bond donors (Lipinski definition) is 1. The molecule has 2 rings (SSSR count). The van der Waals surface area contributed by atoms with Gasteiger partial charge < -0.3 is 5.11 Å². The fourth-order valence-electron chi connectivity index (χ4n) is 2.71. The van der Waals surface area contributed by atoms with Crippen LogP contribution in [-0.4, -0.2) is 5.11 Å². The van der Waals surface area contributed by atoms with Crippen molar-refractivity contribution >= 4 is 0 Å². The lowest BCUT2D eigenvalue weighted by Crippen LogP contribution is -2.26. The van der Waals surface area contributed by atoms with Crippen LogP contribution in [0.2, 0.25) is 0 Å². The lowest BCUT2D eigenvalue weighted by Gasteiger charge is -2.28. The molecule has 0 radical (unpaired) electrons. The van der Waals surface area contributed by atoms with Gasteiger partial charge in [0, 0.05) is 6.42 Å². The quantitative estimate of drug-likeness (QED) is 0.507. The molecule has 0 amide bonds. The van der Waals surface area contributed by atoms with Gasteiger partial charge in [0.1, 0.15) is 5.60 Å². The van der Waals surface area contributed by atoms with Gasteiger partial charge in [0.25, 0.3) is 0 Å². The van der Waals surface area contributed by atoms with Gasteiger partial charge in [-0.2, -0.15) is 0 Å². The third kappa shape index (κ3) is 4.32. The number of unbranched alkanes of at least 4 members (excludes halogenated alkanes) is 3. The van der Waals surface area contributed by atoms with Crippen molar-refractivity contribution in [3.8, 4) is 0 Å². The van der Waals surface area contributed by atoms with Gasteiger partial charge in [-0.3, -0.25) is 0 Å². The molecule has 1 nitrogen and oxygen atoms in total. The summed E-state index contributed by atoms with van der Waals surface area (Å²) in [6, 6.07) is 19.9. The van der Waals surface area contributed by atoms with Crippen molar-refractivity contribution in [2.45, 2.75) is 44.6 Å². The molecule has 1 heteroatoms. The summed E-state index contributed by atoms with van der Waals surface area (Å²) >= 11 is 0. The number of benzene rings is 2. The van der Waals surface area contributed by atoms with E-state index in [0.29, 0.717) is 6.42 Å². The second-order valence-electron chi connectivity index (χ2n) is 5.76. The second kappa shape index (κ2) is 8.55. The smallest absolute Gasteiger partial charge is 0.118 e. The Balaban J connectivity index is 2.16. The molecule has 1 N–H and O–H groups in total. The molecule has 0 unspecified atom stereocenters. The summed E-state index contributed by atoms with van der Waals surface area (Å²) in [5.41, 5.74) is 0.933. The lowest BCUT2D eigenvalue weighted by molar-refractivity contribution is 0.0840. The van der Waals surface area contributed by atoms with Gasteiger partial charge in [-0.15, -0.1) is 0 Å². The highest BCUT2D eigenvalue weighted by Crippen LogP contribution is 2.33. The van der Waals surface area contributed by atoms with E-state index in [9.17, 15) is 5.11 Å². The Kier molecular flexibility index (Phi) is 6.42. The van der Waals surface area contributed by atoms with Crippen molar-refractivity contribution in [2.24, 2.45) is 0 Å². The first-order valence-electron chi connectivity index (χ1n) is 8.26. The number of rotatable bonds is 8. The average molecular weight is 294 g/mol. The number of aliphatic hydroxyl groups is 1. The second-order valence-corrected chi connectivity index (χ2v) is 5.76. The van der Waals surface area contributed by atoms with Crippen LogP contribution < -0.4 is 0 Å². The maximum atomic E-state index is 11.3. The standard InChI is InChI=1S/C21H26O/c1-2-3-4-5-6-13-18-21(22,19-14-9-7-10-15-19)20-16-11-8-12-17-20/h6-17,22H,2-5,18H2,1H3. The van der Waals surface area contributed by atoms with E-state index in [-0.39, 0.29) is 0 Å². The molecule has 0 spiro atoms. The number of hydrogen-bond acceptors (Lipinski definition) is 1. The zero-order chi connectivity index (χ0) is 15.7. The maximum absolute atomic E-state index is 11.3. The zero-order valence-electron chi connectivity index (χ0n) is 13.4. The first-order valence-corrected chi connectivity index (χ1v) is 8.26. The van der Waals surface area contributed by atoms with Crippen molar-refractivity contribution in [1.82, 2.24) is 0 Å². The van der Waals surface area contributed by atoms with Gasteiger partial charge in [0.2, 0.25) is 0 Å². The van der Waals surface area contributed by atoms with Gasteiger partial charge in [-0.1, -0.05) is 92.6 Å². The SMILES string of the molecule is CCCCCC=CCC(O)(c1ccccc1)c1ccccc1. The van der Waals surface area contributed by atoms with Crippen molar-refractivity contribution in [2.75, 3.05) is 0 Å². The van der Waals surface area contributed by atoms with Gasteiger partial charge in [-0.25, -0.2) is 0 Å². The highest BCUT2D eigenvalue weighted by atomic mass is 16.3. The molecule has 0 aliphatic rings. The fourth-order valence-corrected chi connectivity index (χ4v) is 2.71. The van der Waals surface area contributed by atoms with Crippen LogP contribution in [-0.2, 0) is 5.60 Å². The van der Waals surface area contributed by atoms with Gasteiger partial charge in [-0.05, 0) is 24.0 Å². The molecule has 0 bridgehead atoms. The highest BCUT2D eigenvalue weighted by Gasteiger charge is 2.29. The average Bonchev–Trinajstić information content (AvgIpc) is 2.59. The van der Waals surface area contributed by atoms with Crippen molar-refractivity contribution in [3.63, 3.8) is 0 Å². The Morgan fingerprint density at radius 3 is 1.86 bits per heavy atom. The van der Waals surface area contributed by atoms with Gasteiger partial charge >= 0.3 is 0 Å². The maximum Gasteiger partial charge on any atom is 0.118 e. The molecule has 0 aromatic heterocycles. The summed E-state index contributed by atoms with van der Waals surface area (Å²) in [5.74, 6) is 0. The summed E-state index contributed by atoms with van der Waals surface area (Å²) in [6.07, 6.45) is 9.75. The summed E-state index contributed by atoms with van der Waals surface area (Å²) in [5, 5.41) is 11.3. The molecule has 0 atom stereocenters. The molecule has 0 saturated carbocycles. The molecule has 0 heterocycles. The van der Waals surface area contributed by atoms with Crippen LogP contribution in [0.1, 0.15) is 50.2 Å². The van der Waals surface area contributed by atoms with E-state index in [0.717, 1.165) is 17.5 Å². The minimum atomic E-state index is -0.955. The topological polar surface area (TPSA) is 20.2 Å². The number of allylic oxidation sites excluding steroid dienone is 1. The summed E-state index contributed by atoms with van der Waals surface area (Å²) < 4.78 is 0. The molecule has 22 heavy (non-hydrogen) atoms. The third-order valence-electron chi connectivity index (χ3n) is 4.06. The van der Waals surface area contributed by atoms with Crippen LogP contribution in [0, 0.1) is 0 Å². The largest absolute Gasteiger partial charge is 0.380 e. The summed E-state index contributed by atoms with van der Waals surface area (Å²) in [6.45, 7) is 2.22. The van der Waals surface area contributed by atoms with Crippen molar-refractivity contribution in [3.05, 3.63) is 83.9 Å². The van der Waals surface area contributed by atoms with E-state index in [1.807, 2.05) is 60.7 Å². The summed E-state index contributed by atoms with van der Waals surface area (Å²) in [4.78, 5) is 0. The molecule has 2 aromatic rings. The Morgan fingerprint density at radius 1 is 0.818 bits per heavy atom. The van der Waals surface area contributed by atoms with Gasteiger partial charge in [0.15, 0.2) is 0 Å². The summed E-state index contributed by atoms with van der Waals surface area (Å²) in [7, 11) is 0. The lowest BCUT2D eigenvalue weighted by atomic mass is 9.83. The van der Waals surface area contributed by atoms with E-state index < -0.39 is 5.60 Å². The molecule has 2 aromatic carbocycles. The Bertz CT molecular complexity index is 517. The Hall–Kier alpha value is -1.86. The predicted octanol–water partition coefficient (Wildman–Crippen LogP) is 5.45. The minimum Gasteiger partial charge on any atom is -0.380 e. The predicted molar refractivity (Wildman–Crippen MR) is 93.8 cm³/mol. The molecule has 0 fully saturated rings. The van der Waals surface area contributed by atoms with E-state index in [2.05, 4.69) is 19.1 Å². The van der Waals surface area contributed by atoms with E-state index in [4.69, 9.17) is 0 Å². The molecule has 0 saturated heterocycles. The molecule has 0 aliphatic heterocycles. The highest BCUT2D eigenvalue weighted by molar-refractivity contribution is 5.36. The van der Waals surface area contributed by atoms with Crippen molar-refractivity contribution in [1.29, 1.82) is 0 Å². The van der Waals surface area contributed by atoms with Crippen LogP contribution in [0.15, 0.2) is 72.8 Å². The van der Waals surface area contributed by atoms with Crippen LogP contribution >= 0.6 is 0 Å². The van der Waals surface area contributed by atoms with E-state index >= 15 is 0 Å². The molecule has 0 aliphatic carbocycles. The monoisotopic (exact) mass is 294 g/mol. The molecule has 116 valence electrons. The van der Waals surface area contributed by atoms with E-state index in [1.54, 1.807) is 0 Å². The van der Waals surface area contributed by atoms with Crippen molar-refractivity contribution < 1.29 is 5.11 Å². The Morgan fingerprint density at radius 2 is 1.36 bits per heavy atom.